The molecule has 0 saturated carbocycles. The summed E-state index contributed by atoms with van der Waals surface area (Å²) in [5.41, 5.74) is 0. The van der Waals surface area contributed by atoms with Crippen molar-refractivity contribution in [2.24, 2.45) is 0 Å². The SMILES string of the molecule is CCCCN(CCC)C(=N)N(CC)CC. The van der Waals surface area contributed by atoms with Crippen molar-refractivity contribution in [2.75, 3.05) is 26.2 Å². The Balaban J connectivity index is 4.24. The van der Waals surface area contributed by atoms with E-state index in [1.165, 1.54) is 12.8 Å². The molecule has 3 nitrogen and oxygen atoms in total. The largest absolute Gasteiger partial charge is 0.344 e. The summed E-state index contributed by atoms with van der Waals surface area (Å²) in [7, 11) is 0. The van der Waals surface area contributed by atoms with Gasteiger partial charge in [-0.15, -0.1) is 0 Å². The van der Waals surface area contributed by atoms with E-state index in [9.17, 15) is 0 Å². The Kier molecular flexibility index (Phi) is 8.15. The van der Waals surface area contributed by atoms with Crippen LogP contribution in [-0.2, 0) is 0 Å². The highest BCUT2D eigenvalue weighted by Gasteiger charge is 2.12. The Morgan fingerprint density at radius 3 is 1.87 bits per heavy atom. The molecule has 0 aliphatic carbocycles. The zero-order valence-corrected chi connectivity index (χ0v) is 10.8. The van der Waals surface area contributed by atoms with Crippen LogP contribution < -0.4 is 0 Å². The molecule has 0 fully saturated rings. The fourth-order valence-corrected chi connectivity index (χ4v) is 1.67. The molecule has 0 radical (unpaired) electrons. The summed E-state index contributed by atoms with van der Waals surface area (Å²) in [5, 5.41) is 8.14. The van der Waals surface area contributed by atoms with Crippen LogP contribution in [0.1, 0.15) is 47.0 Å². The van der Waals surface area contributed by atoms with Crippen molar-refractivity contribution < 1.29 is 0 Å². The molecule has 0 heterocycles. The van der Waals surface area contributed by atoms with E-state index < -0.39 is 0 Å². The molecule has 15 heavy (non-hydrogen) atoms. The van der Waals surface area contributed by atoms with Crippen LogP contribution in [0.25, 0.3) is 0 Å². The molecular formula is C12H27N3. The summed E-state index contributed by atoms with van der Waals surface area (Å²) in [6.45, 7) is 12.5. The van der Waals surface area contributed by atoms with Crippen LogP contribution in [0, 0.1) is 5.41 Å². The molecule has 0 unspecified atom stereocenters. The number of guanidine groups is 1. The average molecular weight is 213 g/mol. The molecule has 0 aliphatic heterocycles. The Morgan fingerprint density at radius 2 is 1.47 bits per heavy atom. The lowest BCUT2D eigenvalue weighted by molar-refractivity contribution is 0.322. The molecule has 0 rings (SSSR count). The van der Waals surface area contributed by atoms with E-state index in [1.54, 1.807) is 0 Å². The van der Waals surface area contributed by atoms with Gasteiger partial charge in [-0.3, -0.25) is 5.41 Å². The van der Waals surface area contributed by atoms with Gasteiger partial charge in [0.15, 0.2) is 5.96 Å². The van der Waals surface area contributed by atoms with E-state index in [4.69, 9.17) is 5.41 Å². The summed E-state index contributed by atoms with van der Waals surface area (Å²) in [6, 6.07) is 0. The lowest BCUT2D eigenvalue weighted by atomic mass is 10.3. The molecule has 90 valence electrons. The molecule has 0 amide bonds. The highest BCUT2D eigenvalue weighted by molar-refractivity contribution is 5.76. The number of unbranched alkanes of at least 4 members (excludes halogenated alkanes) is 1. The number of hydrogen-bond acceptors (Lipinski definition) is 1. The smallest absolute Gasteiger partial charge is 0.193 e. The second-order valence-corrected chi connectivity index (χ2v) is 3.84. The molecule has 0 aromatic heterocycles. The third-order valence-corrected chi connectivity index (χ3v) is 2.64. The maximum absolute atomic E-state index is 8.14. The second kappa shape index (κ2) is 8.57. The lowest BCUT2D eigenvalue weighted by Crippen LogP contribution is -2.44. The first kappa shape index (κ1) is 14.3. The van der Waals surface area contributed by atoms with Gasteiger partial charge in [0.2, 0.25) is 0 Å². The Labute approximate surface area is 95.0 Å². The van der Waals surface area contributed by atoms with Crippen molar-refractivity contribution in [2.45, 2.75) is 47.0 Å². The minimum absolute atomic E-state index is 0.704. The first-order valence-electron chi connectivity index (χ1n) is 6.29. The number of nitrogens with zero attached hydrogens (tertiary/aromatic N) is 2. The van der Waals surface area contributed by atoms with E-state index in [2.05, 4.69) is 37.5 Å². The normalized spacial score (nSPS) is 10.1. The minimum atomic E-state index is 0.704. The van der Waals surface area contributed by atoms with E-state index >= 15 is 0 Å². The van der Waals surface area contributed by atoms with E-state index in [0.29, 0.717) is 5.96 Å². The van der Waals surface area contributed by atoms with Crippen LogP contribution in [0.3, 0.4) is 0 Å². The monoisotopic (exact) mass is 213 g/mol. The van der Waals surface area contributed by atoms with Gasteiger partial charge in [-0.05, 0) is 26.7 Å². The summed E-state index contributed by atoms with van der Waals surface area (Å²) >= 11 is 0. The minimum Gasteiger partial charge on any atom is -0.344 e. The third-order valence-electron chi connectivity index (χ3n) is 2.64. The zero-order chi connectivity index (χ0) is 11.7. The van der Waals surface area contributed by atoms with Gasteiger partial charge in [-0.25, -0.2) is 0 Å². The van der Waals surface area contributed by atoms with Crippen LogP contribution in [0.4, 0.5) is 0 Å². The molecule has 0 atom stereocenters. The zero-order valence-electron chi connectivity index (χ0n) is 10.8. The number of nitrogens with one attached hydrogen (secondary N) is 1. The fraction of sp³-hybridized carbons (Fsp3) is 0.917. The standard InChI is InChI=1S/C12H27N3/c1-5-9-11-15(10-6-2)12(13)14(7-3)8-4/h13H,5-11H2,1-4H3. The summed E-state index contributed by atoms with van der Waals surface area (Å²) < 4.78 is 0. The van der Waals surface area contributed by atoms with Gasteiger partial charge in [0, 0.05) is 26.2 Å². The van der Waals surface area contributed by atoms with Gasteiger partial charge >= 0.3 is 0 Å². The Bertz CT molecular complexity index is 164. The first-order valence-corrected chi connectivity index (χ1v) is 6.29. The molecule has 3 heteroatoms. The van der Waals surface area contributed by atoms with Crippen molar-refractivity contribution in [3.8, 4) is 0 Å². The van der Waals surface area contributed by atoms with Crippen molar-refractivity contribution in [3.63, 3.8) is 0 Å². The molecular weight excluding hydrogens is 186 g/mol. The van der Waals surface area contributed by atoms with Crippen LogP contribution in [-0.4, -0.2) is 41.9 Å². The Hall–Kier alpha value is -0.730. The number of hydrogen-bond donors (Lipinski definition) is 1. The molecule has 0 aromatic carbocycles. The van der Waals surface area contributed by atoms with Crippen molar-refractivity contribution in [1.82, 2.24) is 9.80 Å². The van der Waals surface area contributed by atoms with Crippen LogP contribution in [0.2, 0.25) is 0 Å². The quantitative estimate of drug-likeness (QED) is 0.520. The maximum Gasteiger partial charge on any atom is 0.193 e. The lowest BCUT2D eigenvalue weighted by Gasteiger charge is -2.32. The van der Waals surface area contributed by atoms with Crippen LogP contribution in [0.15, 0.2) is 0 Å². The van der Waals surface area contributed by atoms with E-state index in [0.717, 1.165) is 32.6 Å². The van der Waals surface area contributed by atoms with Gasteiger partial charge in [0.1, 0.15) is 0 Å². The second-order valence-electron chi connectivity index (χ2n) is 3.84. The van der Waals surface area contributed by atoms with Gasteiger partial charge in [-0.2, -0.15) is 0 Å². The van der Waals surface area contributed by atoms with Crippen LogP contribution in [0.5, 0.6) is 0 Å². The van der Waals surface area contributed by atoms with Gasteiger partial charge in [0.25, 0.3) is 0 Å². The van der Waals surface area contributed by atoms with Crippen LogP contribution >= 0.6 is 0 Å². The predicted octanol–water partition coefficient (Wildman–Crippen LogP) is 2.78. The molecule has 0 aromatic rings. The predicted molar refractivity (Wildman–Crippen MR) is 67.4 cm³/mol. The molecule has 0 spiro atoms. The molecule has 0 bridgehead atoms. The number of rotatable bonds is 7. The first-order chi connectivity index (χ1) is 7.21. The third kappa shape index (κ3) is 5.05. The van der Waals surface area contributed by atoms with Crippen molar-refractivity contribution in [3.05, 3.63) is 0 Å². The van der Waals surface area contributed by atoms with Gasteiger partial charge in [0.05, 0.1) is 0 Å². The maximum atomic E-state index is 8.14. The molecule has 0 aliphatic rings. The fourth-order valence-electron chi connectivity index (χ4n) is 1.67. The highest BCUT2D eigenvalue weighted by atomic mass is 15.3. The topological polar surface area (TPSA) is 30.3 Å². The van der Waals surface area contributed by atoms with Crippen molar-refractivity contribution >= 4 is 5.96 Å². The van der Waals surface area contributed by atoms with Gasteiger partial charge in [-0.1, -0.05) is 20.3 Å². The molecule has 0 saturated heterocycles. The highest BCUT2D eigenvalue weighted by Crippen LogP contribution is 2.02. The van der Waals surface area contributed by atoms with Gasteiger partial charge < -0.3 is 9.80 Å². The van der Waals surface area contributed by atoms with Crippen molar-refractivity contribution in [1.29, 1.82) is 5.41 Å². The Morgan fingerprint density at radius 1 is 0.867 bits per heavy atom. The summed E-state index contributed by atoms with van der Waals surface area (Å²) in [6.07, 6.45) is 3.50. The van der Waals surface area contributed by atoms with E-state index in [1.807, 2.05) is 0 Å². The molecule has 1 N–H and O–H groups in total. The van der Waals surface area contributed by atoms with E-state index in [-0.39, 0.29) is 0 Å². The average Bonchev–Trinajstić information content (AvgIpc) is 2.25. The summed E-state index contributed by atoms with van der Waals surface area (Å²) in [4.78, 5) is 4.32. The summed E-state index contributed by atoms with van der Waals surface area (Å²) in [5.74, 6) is 0.704.